The van der Waals surface area contributed by atoms with Gasteiger partial charge in [0.05, 0.1) is 18.1 Å². The number of benzene rings is 1. The van der Waals surface area contributed by atoms with Gasteiger partial charge in [-0.25, -0.2) is 9.97 Å². The molecule has 1 aromatic carbocycles. The number of hydrogen-bond donors (Lipinski definition) is 1. The molecule has 0 aliphatic rings. The summed E-state index contributed by atoms with van der Waals surface area (Å²) in [5, 5.41) is 0. The summed E-state index contributed by atoms with van der Waals surface area (Å²) in [4.78, 5) is 8.32. The van der Waals surface area contributed by atoms with Gasteiger partial charge in [-0.15, -0.1) is 0 Å². The molecule has 1 aromatic heterocycles. The highest BCUT2D eigenvalue weighted by atomic mass is 14.9. The highest BCUT2D eigenvalue weighted by molar-refractivity contribution is 5.31. The molecule has 3 heteroatoms. The second-order valence-corrected chi connectivity index (χ2v) is 3.60. The monoisotopic (exact) mass is 199 g/mol. The Balaban J connectivity index is 2.15. The fourth-order valence-corrected chi connectivity index (χ4v) is 1.34. The third-order valence-electron chi connectivity index (χ3n) is 2.21. The molecule has 0 aliphatic heterocycles. The van der Waals surface area contributed by atoms with Gasteiger partial charge < -0.3 is 5.73 Å². The summed E-state index contributed by atoms with van der Waals surface area (Å²) in [6.45, 7) is 2.07. The van der Waals surface area contributed by atoms with E-state index in [0.29, 0.717) is 5.69 Å². The van der Waals surface area contributed by atoms with Crippen LogP contribution in [0.1, 0.15) is 17.0 Å². The predicted molar refractivity (Wildman–Crippen MR) is 60.4 cm³/mol. The molecule has 0 bridgehead atoms. The van der Waals surface area contributed by atoms with Crippen molar-refractivity contribution in [3.8, 4) is 0 Å². The quantitative estimate of drug-likeness (QED) is 0.804. The van der Waals surface area contributed by atoms with Crippen LogP contribution in [0.4, 0.5) is 5.69 Å². The van der Waals surface area contributed by atoms with Crippen LogP contribution < -0.4 is 5.73 Å². The van der Waals surface area contributed by atoms with E-state index < -0.39 is 0 Å². The molecule has 15 heavy (non-hydrogen) atoms. The van der Waals surface area contributed by atoms with Crippen LogP contribution in [0.3, 0.4) is 0 Å². The Labute approximate surface area is 89.0 Å². The molecule has 0 radical (unpaired) electrons. The normalized spacial score (nSPS) is 10.2. The van der Waals surface area contributed by atoms with E-state index in [1.54, 1.807) is 12.4 Å². The SMILES string of the molecule is Cc1ccc(Cc2ncc(N)cn2)cc1. The molecule has 3 nitrogen and oxygen atoms in total. The minimum Gasteiger partial charge on any atom is -0.396 e. The van der Waals surface area contributed by atoms with E-state index >= 15 is 0 Å². The average molecular weight is 199 g/mol. The lowest BCUT2D eigenvalue weighted by atomic mass is 10.1. The second-order valence-electron chi connectivity index (χ2n) is 3.60. The number of anilines is 1. The molecule has 1 heterocycles. The third-order valence-corrected chi connectivity index (χ3v) is 2.21. The predicted octanol–water partition coefficient (Wildman–Crippen LogP) is 1.96. The minimum absolute atomic E-state index is 0.600. The van der Waals surface area contributed by atoms with Gasteiger partial charge in [0.25, 0.3) is 0 Å². The number of nitrogen functional groups attached to an aromatic ring is 1. The Morgan fingerprint density at radius 3 is 2.27 bits per heavy atom. The maximum atomic E-state index is 5.51. The van der Waals surface area contributed by atoms with Crippen LogP contribution in [0.2, 0.25) is 0 Å². The van der Waals surface area contributed by atoms with E-state index in [2.05, 4.69) is 41.2 Å². The van der Waals surface area contributed by atoms with Gasteiger partial charge in [-0.05, 0) is 12.5 Å². The summed E-state index contributed by atoms with van der Waals surface area (Å²) in [5.74, 6) is 0.799. The first-order valence-corrected chi connectivity index (χ1v) is 4.86. The van der Waals surface area contributed by atoms with Crippen LogP contribution in [-0.2, 0) is 6.42 Å². The van der Waals surface area contributed by atoms with Crippen LogP contribution in [0.5, 0.6) is 0 Å². The van der Waals surface area contributed by atoms with Crippen LogP contribution in [0, 0.1) is 6.92 Å². The Morgan fingerprint density at radius 2 is 1.67 bits per heavy atom. The van der Waals surface area contributed by atoms with Crippen molar-refractivity contribution < 1.29 is 0 Å². The molecule has 0 saturated heterocycles. The Kier molecular flexibility index (Phi) is 2.63. The molecule has 0 fully saturated rings. The molecule has 0 amide bonds. The zero-order valence-corrected chi connectivity index (χ0v) is 8.64. The number of rotatable bonds is 2. The average Bonchev–Trinajstić information content (AvgIpc) is 2.25. The number of aromatic nitrogens is 2. The number of aryl methyl sites for hydroxylation is 1. The van der Waals surface area contributed by atoms with Gasteiger partial charge in [0.2, 0.25) is 0 Å². The Morgan fingerprint density at radius 1 is 1.07 bits per heavy atom. The van der Waals surface area contributed by atoms with Gasteiger partial charge in [-0.1, -0.05) is 29.8 Å². The van der Waals surface area contributed by atoms with E-state index in [1.807, 2.05) is 0 Å². The summed E-state index contributed by atoms with van der Waals surface area (Å²) >= 11 is 0. The number of nitrogens with two attached hydrogens (primary N) is 1. The van der Waals surface area contributed by atoms with Gasteiger partial charge in [-0.2, -0.15) is 0 Å². The maximum Gasteiger partial charge on any atom is 0.132 e. The first kappa shape index (κ1) is 9.65. The molecule has 0 atom stereocenters. The molecule has 0 saturated carbocycles. The smallest absolute Gasteiger partial charge is 0.132 e. The second kappa shape index (κ2) is 4.09. The first-order valence-electron chi connectivity index (χ1n) is 4.86. The molecule has 0 spiro atoms. The first-order chi connectivity index (χ1) is 7.24. The summed E-state index contributed by atoms with van der Waals surface area (Å²) < 4.78 is 0. The Bertz CT molecular complexity index is 388. The van der Waals surface area contributed by atoms with Crippen molar-refractivity contribution >= 4 is 5.69 Å². The van der Waals surface area contributed by atoms with Crippen LogP contribution >= 0.6 is 0 Å². The van der Waals surface area contributed by atoms with E-state index in [1.165, 1.54) is 11.1 Å². The van der Waals surface area contributed by atoms with Crippen LogP contribution in [0.15, 0.2) is 36.7 Å². The van der Waals surface area contributed by atoms with Crippen molar-refractivity contribution in [2.75, 3.05) is 5.73 Å². The van der Waals surface area contributed by atoms with Gasteiger partial charge in [-0.3, -0.25) is 0 Å². The fraction of sp³-hybridized carbons (Fsp3) is 0.167. The molecule has 0 aliphatic carbocycles. The number of hydrogen-bond acceptors (Lipinski definition) is 3. The topological polar surface area (TPSA) is 51.8 Å². The molecule has 2 aromatic rings. The minimum atomic E-state index is 0.600. The summed E-state index contributed by atoms with van der Waals surface area (Å²) in [7, 11) is 0. The van der Waals surface area contributed by atoms with Crippen molar-refractivity contribution in [3.05, 3.63) is 53.6 Å². The van der Waals surface area contributed by atoms with E-state index in [0.717, 1.165) is 12.2 Å². The molecule has 0 unspecified atom stereocenters. The fourth-order valence-electron chi connectivity index (χ4n) is 1.34. The molecule has 2 N–H and O–H groups in total. The highest BCUT2D eigenvalue weighted by Crippen LogP contribution is 2.07. The molecule has 76 valence electrons. The van der Waals surface area contributed by atoms with Gasteiger partial charge >= 0.3 is 0 Å². The Hall–Kier alpha value is -1.90. The summed E-state index contributed by atoms with van der Waals surface area (Å²) in [5.41, 5.74) is 8.59. The molecule has 2 rings (SSSR count). The lowest BCUT2D eigenvalue weighted by Crippen LogP contribution is -1.97. The summed E-state index contributed by atoms with van der Waals surface area (Å²) in [6, 6.07) is 8.36. The zero-order chi connectivity index (χ0) is 10.7. The van der Waals surface area contributed by atoms with E-state index in [9.17, 15) is 0 Å². The van der Waals surface area contributed by atoms with Crippen molar-refractivity contribution in [2.24, 2.45) is 0 Å². The van der Waals surface area contributed by atoms with Crippen molar-refractivity contribution in [1.29, 1.82) is 0 Å². The van der Waals surface area contributed by atoms with Gasteiger partial charge in [0.15, 0.2) is 0 Å². The maximum absolute atomic E-state index is 5.51. The van der Waals surface area contributed by atoms with E-state index in [4.69, 9.17) is 5.73 Å². The van der Waals surface area contributed by atoms with Crippen molar-refractivity contribution in [3.63, 3.8) is 0 Å². The van der Waals surface area contributed by atoms with E-state index in [-0.39, 0.29) is 0 Å². The third kappa shape index (κ3) is 2.53. The standard InChI is InChI=1S/C12H13N3/c1-9-2-4-10(5-3-9)6-12-14-7-11(13)8-15-12/h2-5,7-8H,6,13H2,1H3. The van der Waals surface area contributed by atoms with Crippen molar-refractivity contribution in [2.45, 2.75) is 13.3 Å². The van der Waals surface area contributed by atoms with Crippen molar-refractivity contribution in [1.82, 2.24) is 9.97 Å². The number of nitrogens with zero attached hydrogens (tertiary/aromatic N) is 2. The van der Waals surface area contributed by atoms with Crippen LogP contribution in [0.25, 0.3) is 0 Å². The highest BCUT2D eigenvalue weighted by Gasteiger charge is 1.98. The lowest BCUT2D eigenvalue weighted by molar-refractivity contribution is 0.970. The lowest BCUT2D eigenvalue weighted by Gasteiger charge is -2.01. The van der Waals surface area contributed by atoms with Crippen LogP contribution in [-0.4, -0.2) is 9.97 Å². The van der Waals surface area contributed by atoms with Gasteiger partial charge in [0, 0.05) is 6.42 Å². The largest absolute Gasteiger partial charge is 0.396 e. The zero-order valence-electron chi connectivity index (χ0n) is 8.64. The molecular weight excluding hydrogens is 186 g/mol. The summed E-state index contributed by atoms with van der Waals surface area (Å²) in [6.07, 6.45) is 4.02. The van der Waals surface area contributed by atoms with Gasteiger partial charge in [0.1, 0.15) is 5.82 Å². The molecular formula is C12H13N3.